The van der Waals surface area contributed by atoms with Crippen LogP contribution in [0.15, 0.2) is 93.2 Å². The minimum atomic E-state index is -0.497. The fourth-order valence-corrected chi connectivity index (χ4v) is 6.04. The van der Waals surface area contributed by atoms with Gasteiger partial charge in [-0.3, -0.25) is 9.59 Å². The van der Waals surface area contributed by atoms with Crippen LogP contribution in [0.3, 0.4) is 0 Å². The second-order valence-electron chi connectivity index (χ2n) is 8.38. The lowest BCUT2D eigenvalue weighted by molar-refractivity contribution is 0.0944. The van der Waals surface area contributed by atoms with Gasteiger partial charge in [0.2, 0.25) is 0 Å². The number of carbonyl (C=O) groups excluding carboxylic acids is 1. The molecule has 4 aromatic rings. The van der Waals surface area contributed by atoms with Gasteiger partial charge in [0.05, 0.1) is 17.6 Å². The van der Waals surface area contributed by atoms with E-state index in [-0.39, 0.29) is 17.1 Å². The second-order valence-corrected chi connectivity index (χ2v) is 9.96. The van der Waals surface area contributed by atoms with E-state index in [0.717, 1.165) is 16.0 Å². The quantitative estimate of drug-likeness (QED) is 0.366. The van der Waals surface area contributed by atoms with Gasteiger partial charge in [0.25, 0.3) is 0 Å². The van der Waals surface area contributed by atoms with Crippen LogP contribution in [0.5, 0.6) is 0 Å². The molecule has 0 radical (unpaired) electrons. The summed E-state index contributed by atoms with van der Waals surface area (Å²) in [4.78, 5) is 28.0. The lowest BCUT2D eigenvalue weighted by Crippen LogP contribution is -2.35. The van der Waals surface area contributed by atoms with Gasteiger partial charge in [0, 0.05) is 20.8 Å². The van der Waals surface area contributed by atoms with Crippen molar-refractivity contribution < 1.29 is 9.21 Å². The largest absolute Gasteiger partial charge is 0.464 e. The maximum Gasteiger partial charge on any atom is 0.195 e. The van der Waals surface area contributed by atoms with E-state index in [1.807, 2.05) is 61.5 Å². The molecule has 4 heteroatoms. The standard InChI is InChI=1S/C27H22O3S/c1-17-11-13-18(14-12-17)26(29)24-21-8-4-6-10-23(21)31-27(24,2)15-19-16-30-22-9-5-3-7-20(22)25(19)28/h3-14,16,24H,15H2,1-2H3. The Morgan fingerprint density at radius 2 is 1.71 bits per heavy atom. The highest BCUT2D eigenvalue weighted by Crippen LogP contribution is 2.55. The zero-order valence-electron chi connectivity index (χ0n) is 17.4. The van der Waals surface area contributed by atoms with Crippen LogP contribution < -0.4 is 5.43 Å². The van der Waals surface area contributed by atoms with Crippen LogP contribution in [0, 0.1) is 6.92 Å². The molecule has 0 spiro atoms. The maximum absolute atomic E-state index is 13.7. The summed E-state index contributed by atoms with van der Waals surface area (Å²) in [5.74, 6) is -0.257. The molecule has 0 bridgehead atoms. The van der Waals surface area contributed by atoms with Gasteiger partial charge in [-0.25, -0.2) is 0 Å². The molecule has 2 unspecified atom stereocenters. The van der Waals surface area contributed by atoms with Crippen LogP contribution in [-0.4, -0.2) is 10.5 Å². The molecule has 2 heterocycles. The summed E-state index contributed by atoms with van der Waals surface area (Å²) in [6.45, 7) is 4.10. The molecule has 0 aliphatic carbocycles. The Bertz CT molecular complexity index is 1350. The Morgan fingerprint density at radius 3 is 2.52 bits per heavy atom. The first-order chi connectivity index (χ1) is 15.0. The van der Waals surface area contributed by atoms with Crippen molar-refractivity contribution in [2.75, 3.05) is 0 Å². The molecule has 1 aliphatic rings. The first-order valence-electron chi connectivity index (χ1n) is 10.3. The molecule has 3 nitrogen and oxygen atoms in total. The van der Waals surface area contributed by atoms with Crippen LogP contribution >= 0.6 is 11.8 Å². The number of thioether (sulfide) groups is 1. The number of carbonyl (C=O) groups is 1. The number of hydrogen-bond acceptors (Lipinski definition) is 4. The Kier molecular flexibility index (Phi) is 4.82. The lowest BCUT2D eigenvalue weighted by Gasteiger charge is -2.30. The van der Waals surface area contributed by atoms with E-state index < -0.39 is 4.75 Å². The van der Waals surface area contributed by atoms with Crippen molar-refractivity contribution in [3.8, 4) is 0 Å². The van der Waals surface area contributed by atoms with Crippen molar-refractivity contribution in [1.29, 1.82) is 0 Å². The Hall–Kier alpha value is -3.11. The van der Waals surface area contributed by atoms with Crippen molar-refractivity contribution in [3.05, 3.63) is 112 Å². The summed E-state index contributed by atoms with van der Waals surface area (Å²) < 4.78 is 5.26. The third-order valence-corrected chi connectivity index (χ3v) is 7.51. The number of aryl methyl sites for hydroxylation is 1. The smallest absolute Gasteiger partial charge is 0.195 e. The van der Waals surface area contributed by atoms with Gasteiger partial charge >= 0.3 is 0 Å². The summed E-state index contributed by atoms with van der Waals surface area (Å²) in [6, 6.07) is 23.1. The molecule has 0 N–H and O–H groups in total. The third kappa shape index (κ3) is 3.41. The van der Waals surface area contributed by atoms with E-state index in [4.69, 9.17) is 4.42 Å². The van der Waals surface area contributed by atoms with Crippen molar-refractivity contribution in [3.63, 3.8) is 0 Å². The van der Waals surface area contributed by atoms with Crippen LogP contribution in [-0.2, 0) is 6.42 Å². The average Bonchev–Trinajstić information content (AvgIpc) is 3.07. The number of benzene rings is 3. The van der Waals surface area contributed by atoms with Crippen molar-refractivity contribution >= 4 is 28.5 Å². The highest BCUT2D eigenvalue weighted by atomic mass is 32.2. The first-order valence-corrected chi connectivity index (χ1v) is 11.2. The molecule has 0 amide bonds. The summed E-state index contributed by atoms with van der Waals surface area (Å²) in [6.07, 6.45) is 2.01. The van der Waals surface area contributed by atoms with Crippen LogP contribution in [0.2, 0.25) is 0 Å². The van der Waals surface area contributed by atoms with E-state index in [2.05, 4.69) is 13.0 Å². The molecule has 1 aliphatic heterocycles. The molecule has 154 valence electrons. The van der Waals surface area contributed by atoms with Crippen molar-refractivity contribution in [2.45, 2.75) is 35.8 Å². The number of para-hydroxylation sites is 1. The van der Waals surface area contributed by atoms with Gasteiger partial charge in [-0.15, -0.1) is 11.8 Å². The first kappa shape index (κ1) is 19.8. The highest BCUT2D eigenvalue weighted by Gasteiger charge is 2.47. The molecule has 0 saturated heterocycles. The number of Topliss-reactive ketones (excluding diaryl/α,β-unsaturated/α-hetero) is 1. The lowest BCUT2D eigenvalue weighted by atomic mass is 9.78. The fraction of sp³-hybridized carbons (Fsp3) is 0.185. The van der Waals surface area contributed by atoms with Gasteiger partial charge in [0.15, 0.2) is 11.2 Å². The number of rotatable bonds is 4. The summed E-state index contributed by atoms with van der Waals surface area (Å²) in [7, 11) is 0. The minimum absolute atomic E-state index is 0.0267. The van der Waals surface area contributed by atoms with Gasteiger partial charge in [0.1, 0.15) is 5.58 Å². The molecule has 0 fully saturated rings. The minimum Gasteiger partial charge on any atom is -0.464 e. The number of fused-ring (bicyclic) bond motifs is 2. The average molecular weight is 427 g/mol. The van der Waals surface area contributed by atoms with Crippen molar-refractivity contribution in [1.82, 2.24) is 0 Å². The summed E-state index contributed by atoms with van der Waals surface area (Å²) in [5, 5.41) is 0.575. The van der Waals surface area contributed by atoms with Gasteiger partial charge < -0.3 is 4.42 Å². The van der Waals surface area contributed by atoms with Gasteiger partial charge in [-0.05, 0) is 44.0 Å². The van der Waals surface area contributed by atoms with Gasteiger partial charge in [-0.2, -0.15) is 0 Å². The van der Waals surface area contributed by atoms with E-state index >= 15 is 0 Å². The monoisotopic (exact) mass is 426 g/mol. The zero-order chi connectivity index (χ0) is 21.6. The molecular formula is C27H22O3S. The predicted octanol–water partition coefficient (Wildman–Crippen LogP) is 6.18. The zero-order valence-corrected chi connectivity index (χ0v) is 18.2. The van der Waals surface area contributed by atoms with Crippen LogP contribution in [0.4, 0.5) is 0 Å². The third-order valence-electron chi connectivity index (χ3n) is 6.08. The summed E-state index contributed by atoms with van der Waals surface area (Å²) >= 11 is 1.68. The van der Waals surface area contributed by atoms with E-state index in [1.54, 1.807) is 30.2 Å². The Morgan fingerprint density at radius 1 is 1.00 bits per heavy atom. The normalized spacial score (nSPS) is 20.0. The Balaban J connectivity index is 1.59. The maximum atomic E-state index is 13.7. The van der Waals surface area contributed by atoms with Gasteiger partial charge in [-0.1, -0.05) is 60.2 Å². The highest BCUT2D eigenvalue weighted by molar-refractivity contribution is 8.01. The van der Waals surface area contributed by atoms with E-state index in [1.165, 1.54) is 0 Å². The molecule has 3 aromatic carbocycles. The molecule has 2 atom stereocenters. The van der Waals surface area contributed by atoms with E-state index in [0.29, 0.717) is 28.5 Å². The van der Waals surface area contributed by atoms with Crippen LogP contribution in [0.25, 0.3) is 11.0 Å². The topological polar surface area (TPSA) is 47.3 Å². The predicted molar refractivity (Wildman–Crippen MR) is 125 cm³/mol. The summed E-state index contributed by atoms with van der Waals surface area (Å²) in [5.41, 5.74) is 4.00. The van der Waals surface area contributed by atoms with Crippen molar-refractivity contribution in [2.24, 2.45) is 0 Å². The van der Waals surface area contributed by atoms with E-state index in [9.17, 15) is 9.59 Å². The molecular weight excluding hydrogens is 404 g/mol. The number of hydrogen-bond donors (Lipinski definition) is 0. The SMILES string of the molecule is Cc1ccc(C(=O)C2c3ccccc3SC2(C)Cc2coc3ccccc3c2=O)cc1. The Labute approximate surface area is 185 Å². The number of ketones is 1. The molecule has 5 rings (SSSR count). The fourth-order valence-electron chi connectivity index (χ4n) is 4.51. The molecule has 0 saturated carbocycles. The molecule has 1 aromatic heterocycles. The molecule has 31 heavy (non-hydrogen) atoms. The second kappa shape index (κ2) is 7.54. The van der Waals surface area contributed by atoms with Crippen LogP contribution in [0.1, 0.15) is 39.9 Å².